The van der Waals surface area contributed by atoms with Crippen LogP contribution in [0.3, 0.4) is 0 Å². The summed E-state index contributed by atoms with van der Waals surface area (Å²) in [6.45, 7) is 8.65. The number of nitrogens with zero attached hydrogens (tertiary/aromatic N) is 4. The summed E-state index contributed by atoms with van der Waals surface area (Å²) in [7, 11) is 0. The largest absolute Gasteiger partial charge is 0.481 e. The van der Waals surface area contributed by atoms with Gasteiger partial charge in [-0.05, 0) is 11.3 Å². The number of carboxylic acid groups (broad SMARTS) is 1. The first-order valence-electron chi connectivity index (χ1n) is 13.5. The van der Waals surface area contributed by atoms with Crippen LogP contribution in [0.2, 0.25) is 0 Å². The lowest BCUT2D eigenvalue weighted by Gasteiger charge is -2.26. The van der Waals surface area contributed by atoms with Crippen molar-refractivity contribution in [2.24, 2.45) is 11.3 Å². The highest BCUT2D eigenvalue weighted by Crippen LogP contribution is 2.24. The third-order valence-electron chi connectivity index (χ3n) is 6.46. The van der Waals surface area contributed by atoms with Crippen LogP contribution in [0.15, 0.2) is 0 Å². The number of H-pyrrole nitrogens is 1. The molecule has 1 aromatic heterocycles. The van der Waals surface area contributed by atoms with E-state index < -0.39 is 60.3 Å². The summed E-state index contributed by atoms with van der Waals surface area (Å²) in [6, 6.07) is -1.98. The van der Waals surface area contributed by atoms with Crippen molar-refractivity contribution in [1.82, 2.24) is 41.5 Å². The summed E-state index contributed by atoms with van der Waals surface area (Å²) in [4.78, 5) is 75.8. The van der Waals surface area contributed by atoms with E-state index in [2.05, 4.69) is 36.6 Å². The SMILES string of the molecule is CC[C@H](C)[C@H](NC(=O)CCC(=O)O)C(=O)NCC(=O)N1C[C@H](OC(=O)CC(C)(C)C)CC1C(=O)NCc1nn[nH]n1. The first kappa shape index (κ1) is 33.1. The fourth-order valence-corrected chi connectivity index (χ4v) is 4.15. The van der Waals surface area contributed by atoms with Gasteiger partial charge in [-0.15, -0.1) is 10.2 Å². The zero-order valence-electron chi connectivity index (χ0n) is 24.1. The molecule has 2 heterocycles. The highest BCUT2D eigenvalue weighted by atomic mass is 16.5. The summed E-state index contributed by atoms with van der Waals surface area (Å²) in [6.07, 6.45) is -0.669. The van der Waals surface area contributed by atoms with E-state index in [0.717, 1.165) is 0 Å². The van der Waals surface area contributed by atoms with Gasteiger partial charge in [0.05, 0.1) is 32.5 Å². The molecular formula is C25H40N8O8. The Morgan fingerprint density at radius 3 is 2.44 bits per heavy atom. The van der Waals surface area contributed by atoms with Crippen LogP contribution in [0.25, 0.3) is 0 Å². The number of tetrazole rings is 1. The zero-order valence-corrected chi connectivity index (χ0v) is 24.1. The van der Waals surface area contributed by atoms with E-state index >= 15 is 0 Å². The van der Waals surface area contributed by atoms with E-state index in [1.807, 2.05) is 27.7 Å². The van der Waals surface area contributed by atoms with Gasteiger partial charge in [0, 0.05) is 12.8 Å². The van der Waals surface area contributed by atoms with E-state index in [0.29, 0.717) is 6.42 Å². The fourth-order valence-electron chi connectivity index (χ4n) is 4.15. The minimum atomic E-state index is -1.14. The number of rotatable bonds is 14. The third kappa shape index (κ3) is 11.1. The fraction of sp³-hybridized carbons (Fsp3) is 0.720. The molecule has 1 fully saturated rings. The van der Waals surface area contributed by atoms with Crippen LogP contribution in [0.4, 0.5) is 0 Å². The molecule has 228 valence electrons. The summed E-state index contributed by atoms with van der Waals surface area (Å²) in [5.74, 6) is -4.00. The normalized spacial score (nSPS) is 18.2. The number of carbonyl (C=O) groups is 6. The van der Waals surface area contributed by atoms with Gasteiger partial charge in [-0.2, -0.15) is 5.21 Å². The number of nitrogens with one attached hydrogen (secondary N) is 4. The van der Waals surface area contributed by atoms with Crippen molar-refractivity contribution in [3.8, 4) is 0 Å². The molecule has 4 amide bonds. The van der Waals surface area contributed by atoms with E-state index in [1.165, 1.54) is 4.90 Å². The van der Waals surface area contributed by atoms with Crippen molar-refractivity contribution in [2.45, 2.75) is 91.5 Å². The van der Waals surface area contributed by atoms with Crippen LogP contribution in [-0.4, -0.2) is 97.5 Å². The van der Waals surface area contributed by atoms with Crippen LogP contribution in [0, 0.1) is 11.3 Å². The molecule has 1 aromatic rings. The van der Waals surface area contributed by atoms with Crippen LogP contribution in [0.1, 0.15) is 72.5 Å². The Morgan fingerprint density at radius 2 is 1.85 bits per heavy atom. The molecule has 16 heteroatoms. The molecule has 0 bridgehead atoms. The van der Waals surface area contributed by atoms with Gasteiger partial charge in [0.15, 0.2) is 5.82 Å². The number of aromatic amines is 1. The second-order valence-electron chi connectivity index (χ2n) is 11.2. The number of ether oxygens (including phenoxy) is 1. The molecule has 2 rings (SSSR count). The quantitative estimate of drug-likeness (QED) is 0.172. The van der Waals surface area contributed by atoms with Crippen molar-refractivity contribution >= 4 is 35.6 Å². The average Bonchev–Trinajstić information content (AvgIpc) is 3.56. The predicted octanol–water partition coefficient (Wildman–Crippen LogP) is -0.723. The molecule has 5 N–H and O–H groups in total. The molecule has 0 spiro atoms. The number of hydrogen-bond donors (Lipinski definition) is 5. The van der Waals surface area contributed by atoms with Gasteiger partial charge in [0.1, 0.15) is 18.2 Å². The van der Waals surface area contributed by atoms with Gasteiger partial charge < -0.3 is 30.7 Å². The molecule has 16 nitrogen and oxygen atoms in total. The van der Waals surface area contributed by atoms with Crippen LogP contribution < -0.4 is 16.0 Å². The molecule has 0 radical (unpaired) electrons. The van der Waals surface area contributed by atoms with Crippen LogP contribution in [-0.2, 0) is 40.0 Å². The first-order valence-corrected chi connectivity index (χ1v) is 13.5. The highest BCUT2D eigenvalue weighted by Gasteiger charge is 2.41. The Bertz CT molecular complexity index is 1090. The second kappa shape index (κ2) is 15.0. The molecule has 0 saturated carbocycles. The summed E-state index contributed by atoms with van der Waals surface area (Å²) >= 11 is 0. The number of esters is 1. The van der Waals surface area contributed by atoms with Gasteiger partial charge in [0.2, 0.25) is 23.6 Å². The first-order chi connectivity index (χ1) is 19.2. The number of amides is 4. The Kier molecular flexibility index (Phi) is 12.1. The van der Waals surface area contributed by atoms with Gasteiger partial charge in [-0.1, -0.05) is 46.3 Å². The van der Waals surface area contributed by atoms with Crippen molar-refractivity contribution < 1.29 is 38.6 Å². The number of aromatic nitrogens is 4. The standard InChI is InChI=1S/C25H40N8O8/c1-6-14(2)22(28-18(34)7-8-20(36)37)24(40)27-12-19(35)33-13-15(41-21(38)10-25(3,4)5)9-16(33)23(39)26-11-17-29-31-32-30-17/h14-16,22H,6-13H2,1-5H3,(H,26,39)(H,27,40)(H,28,34)(H,36,37)(H,29,30,31,32)/t14-,15+,16?,22-/m0/s1. The topological polar surface area (TPSA) is 226 Å². The van der Waals surface area contributed by atoms with Gasteiger partial charge in [-0.25, -0.2) is 0 Å². The molecule has 41 heavy (non-hydrogen) atoms. The maximum Gasteiger partial charge on any atom is 0.306 e. The maximum absolute atomic E-state index is 13.2. The molecule has 1 aliphatic heterocycles. The Labute approximate surface area is 237 Å². The predicted molar refractivity (Wildman–Crippen MR) is 141 cm³/mol. The Balaban J connectivity index is 2.07. The number of carboxylic acids is 1. The summed E-state index contributed by atoms with van der Waals surface area (Å²) in [5, 5.41) is 29.7. The number of hydrogen-bond acceptors (Lipinski definition) is 10. The molecular weight excluding hydrogens is 540 g/mol. The second-order valence-corrected chi connectivity index (χ2v) is 11.2. The molecule has 4 atom stereocenters. The van der Waals surface area contributed by atoms with Crippen molar-refractivity contribution in [3.63, 3.8) is 0 Å². The van der Waals surface area contributed by atoms with Crippen LogP contribution >= 0.6 is 0 Å². The van der Waals surface area contributed by atoms with E-state index in [4.69, 9.17) is 9.84 Å². The number of likely N-dealkylation sites (tertiary alicyclic amines) is 1. The number of aliphatic carboxylic acids is 1. The Morgan fingerprint density at radius 1 is 1.15 bits per heavy atom. The van der Waals surface area contributed by atoms with Gasteiger partial charge in [0.25, 0.3) is 0 Å². The van der Waals surface area contributed by atoms with E-state index in [9.17, 15) is 28.8 Å². The lowest BCUT2D eigenvalue weighted by Crippen LogP contribution is -2.53. The molecule has 1 aliphatic rings. The van der Waals surface area contributed by atoms with E-state index in [-0.39, 0.29) is 55.9 Å². The van der Waals surface area contributed by atoms with Gasteiger partial charge >= 0.3 is 11.9 Å². The number of carbonyl (C=O) groups excluding carboxylic acids is 5. The van der Waals surface area contributed by atoms with E-state index in [1.54, 1.807) is 6.92 Å². The molecule has 1 saturated heterocycles. The molecule has 1 unspecified atom stereocenters. The van der Waals surface area contributed by atoms with Gasteiger partial charge in [-0.3, -0.25) is 28.8 Å². The highest BCUT2D eigenvalue weighted by molar-refractivity contribution is 5.93. The third-order valence-corrected chi connectivity index (χ3v) is 6.46. The maximum atomic E-state index is 13.2. The molecule has 0 aromatic carbocycles. The summed E-state index contributed by atoms with van der Waals surface area (Å²) < 4.78 is 5.56. The minimum absolute atomic E-state index is 0.0444. The lowest BCUT2D eigenvalue weighted by molar-refractivity contribution is -0.151. The monoisotopic (exact) mass is 580 g/mol. The minimum Gasteiger partial charge on any atom is -0.481 e. The van der Waals surface area contributed by atoms with Crippen molar-refractivity contribution in [2.75, 3.05) is 13.1 Å². The lowest BCUT2D eigenvalue weighted by atomic mass is 9.92. The summed E-state index contributed by atoms with van der Waals surface area (Å²) in [5.41, 5.74) is -0.313. The van der Waals surface area contributed by atoms with Crippen molar-refractivity contribution in [1.29, 1.82) is 0 Å². The van der Waals surface area contributed by atoms with Crippen molar-refractivity contribution in [3.05, 3.63) is 5.82 Å². The average molecular weight is 581 g/mol. The smallest absolute Gasteiger partial charge is 0.306 e. The Hall–Kier alpha value is -4.11. The zero-order chi connectivity index (χ0) is 30.7. The molecule has 0 aliphatic carbocycles. The van der Waals surface area contributed by atoms with Crippen LogP contribution in [0.5, 0.6) is 0 Å².